The number of carbonyl (C=O) groups is 2. The minimum atomic E-state index is -0.358. The van der Waals surface area contributed by atoms with E-state index in [1.807, 2.05) is 26.0 Å². The van der Waals surface area contributed by atoms with Crippen molar-refractivity contribution < 1.29 is 14.0 Å². The molecule has 2 aromatic carbocycles. The van der Waals surface area contributed by atoms with Crippen molar-refractivity contribution in [3.63, 3.8) is 0 Å². The second-order valence-electron chi connectivity index (χ2n) is 6.94. The van der Waals surface area contributed by atoms with Gasteiger partial charge in [0.1, 0.15) is 5.82 Å². The number of piperidine rings is 1. The van der Waals surface area contributed by atoms with Crippen LogP contribution in [-0.4, -0.2) is 29.8 Å². The van der Waals surface area contributed by atoms with Gasteiger partial charge in [-0.1, -0.05) is 6.07 Å². The molecule has 0 aromatic heterocycles. The molecule has 26 heavy (non-hydrogen) atoms. The predicted octanol–water partition coefficient (Wildman–Crippen LogP) is 3.93. The van der Waals surface area contributed by atoms with E-state index in [0.717, 1.165) is 16.8 Å². The van der Waals surface area contributed by atoms with Crippen molar-refractivity contribution in [3.05, 3.63) is 65.0 Å². The molecule has 1 heterocycles. The topological polar surface area (TPSA) is 49.4 Å². The predicted molar refractivity (Wildman–Crippen MR) is 99.6 cm³/mol. The number of rotatable bonds is 3. The minimum absolute atomic E-state index is 0.00359. The Hall–Kier alpha value is -2.69. The van der Waals surface area contributed by atoms with Crippen molar-refractivity contribution in [2.24, 2.45) is 5.92 Å². The number of anilines is 1. The summed E-state index contributed by atoms with van der Waals surface area (Å²) >= 11 is 0. The van der Waals surface area contributed by atoms with Crippen LogP contribution in [0.1, 0.15) is 34.3 Å². The summed E-state index contributed by atoms with van der Waals surface area (Å²) in [5, 5.41) is 2.99. The number of likely N-dealkylation sites (tertiary alicyclic amines) is 1. The smallest absolute Gasteiger partial charge is 0.253 e. The maximum atomic E-state index is 13.0. The van der Waals surface area contributed by atoms with Crippen LogP contribution in [0.4, 0.5) is 10.1 Å². The molecular formula is C21H23FN2O2. The number of benzene rings is 2. The molecule has 0 spiro atoms. The van der Waals surface area contributed by atoms with Gasteiger partial charge < -0.3 is 10.2 Å². The Labute approximate surface area is 153 Å². The molecule has 3 rings (SSSR count). The Morgan fingerprint density at radius 3 is 2.15 bits per heavy atom. The van der Waals surface area contributed by atoms with E-state index in [9.17, 15) is 14.0 Å². The van der Waals surface area contributed by atoms with Crippen LogP contribution in [0.3, 0.4) is 0 Å². The number of halogens is 1. The molecule has 0 radical (unpaired) electrons. The first-order chi connectivity index (χ1) is 12.4. The molecule has 1 aliphatic heterocycles. The molecule has 4 nitrogen and oxygen atoms in total. The molecule has 0 unspecified atom stereocenters. The molecule has 0 saturated carbocycles. The zero-order valence-electron chi connectivity index (χ0n) is 15.1. The Morgan fingerprint density at radius 1 is 1.00 bits per heavy atom. The van der Waals surface area contributed by atoms with Crippen molar-refractivity contribution in [2.75, 3.05) is 18.4 Å². The number of carbonyl (C=O) groups excluding carboxylic acids is 2. The molecule has 1 N–H and O–H groups in total. The maximum absolute atomic E-state index is 13.0. The highest BCUT2D eigenvalue weighted by Crippen LogP contribution is 2.22. The number of hydrogen-bond acceptors (Lipinski definition) is 2. The zero-order valence-corrected chi connectivity index (χ0v) is 15.1. The van der Waals surface area contributed by atoms with Gasteiger partial charge in [0, 0.05) is 30.3 Å². The van der Waals surface area contributed by atoms with E-state index in [0.29, 0.717) is 31.5 Å². The van der Waals surface area contributed by atoms with Gasteiger partial charge >= 0.3 is 0 Å². The average Bonchev–Trinajstić information content (AvgIpc) is 2.61. The van der Waals surface area contributed by atoms with E-state index < -0.39 is 0 Å². The third-order valence-electron chi connectivity index (χ3n) is 4.73. The Balaban J connectivity index is 1.56. The number of amides is 2. The summed E-state index contributed by atoms with van der Waals surface area (Å²) in [7, 11) is 0. The van der Waals surface area contributed by atoms with Crippen LogP contribution < -0.4 is 5.32 Å². The van der Waals surface area contributed by atoms with Crippen LogP contribution in [0.5, 0.6) is 0 Å². The van der Waals surface area contributed by atoms with Crippen LogP contribution >= 0.6 is 0 Å². The third kappa shape index (κ3) is 4.28. The molecule has 1 aliphatic rings. The normalized spacial score (nSPS) is 15.0. The fourth-order valence-electron chi connectivity index (χ4n) is 3.41. The summed E-state index contributed by atoms with van der Waals surface area (Å²) < 4.78 is 13.0. The lowest BCUT2D eigenvalue weighted by Crippen LogP contribution is -2.41. The summed E-state index contributed by atoms with van der Waals surface area (Å²) in [5.41, 5.74) is 3.52. The van der Waals surface area contributed by atoms with Gasteiger partial charge in [0.15, 0.2) is 0 Å². The minimum Gasteiger partial charge on any atom is -0.339 e. The monoisotopic (exact) mass is 354 g/mol. The Kier molecular flexibility index (Phi) is 5.35. The van der Waals surface area contributed by atoms with Gasteiger partial charge in [0.25, 0.3) is 5.91 Å². The highest BCUT2D eigenvalue weighted by atomic mass is 19.1. The maximum Gasteiger partial charge on any atom is 0.253 e. The van der Waals surface area contributed by atoms with Crippen molar-refractivity contribution >= 4 is 17.5 Å². The fraction of sp³-hybridized carbons (Fsp3) is 0.333. The van der Waals surface area contributed by atoms with E-state index >= 15 is 0 Å². The largest absolute Gasteiger partial charge is 0.339 e. The van der Waals surface area contributed by atoms with Crippen molar-refractivity contribution in [2.45, 2.75) is 26.7 Å². The summed E-state index contributed by atoms with van der Waals surface area (Å²) in [5.74, 6) is -0.571. The lowest BCUT2D eigenvalue weighted by Gasteiger charge is -2.31. The van der Waals surface area contributed by atoms with Crippen molar-refractivity contribution in [1.29, 1.82) is 0 Å². The summed E-state index contributed by atoms with van der Waals surface area (Å²) in [6, 6.07) is 11.5. The molecule has 0 aliphatic carbocycles. The van der Waals surface area contributed by atoms with Gasteiger partial charge in [0.2, 0.25) is 5.91 Å². The van der Waals surface area contributed by atoms with Gasteiger partial charge in [0.05, 0.1) is 0 Å². The highest BCUT2D eigenvalue weighted by Gasteiger charge is 2.28. The Morgan fingerprint density at radius 2 is 1.58 bits per heavy atom. The van der Waals surface area contributed by atoms with Gasteiger partial charge in [-0.15, -0.1) is 0 Å². The molecule has 136 valence electrons. The number of aryl methyl sites for hydroxylation is 2. The Bertz CT molecular complexity index is 789. The average molecular weight is 354 g/mol. The lowest BCUT2D eigenvalue weighted by molar-refractivity contribution is -0.121. The molecule has 1 fully saturated rings. The number of hydrogen-bond donors (Lipinski definition) is 1. The van der Waals surface area contributed by atoms with Crippen LogP contribution in [0.2, 0.25) is 0 Å². The second-order valence-corrected chi connectivity index (χ2v) is 6.94. The first kappa shape index (κ1) is 18.1. The van der Waals surface area contributed by atoms with E-state index in [2.05, 4.69) is 11.4 Å². The van der Waals surface area contributed by atoms with Gasteiger partial charge in [-0.3, -0.25) is 9.59 Å². The second kappa shape index (κ2) is 7.68. The quantitative estimate of drug-likeness (QED) is 0.908. The molecule has 5 heteroatoms. The summed E-state index contributed by atoms with van der Waals surface area (Å²) in [4.78, 5) is 26.7. The van der Waals surface area contributed by atoms with Crippen LogP contribution in [0, 0.1) is 25.6 Å². The van der Waals surface area contributed by atoms with Gasteiger partial charge in [-0.25, -0.2) is 4.39 Å². The van der Waals surface area contributed by atoms with Crippen LogP contribution in [0.25, 0.3) is 0 Å². The summed E-state index contributed by atoms with van der Waals surface area (Å²) in [6.07, 6.45) is 1.26. The number of nitrogens with zero attached hydrogens (tertiary/aromatic N) is 1. The lowest BCUT2D eigenvalue weighted by atomic mass is 9.95. The first-order valence-corrected chi connectivity index (χ1v) is 8.86. The third-order valence-corrected chi connectivity index (χ3v) is 4.73. The molecule has 1 saturated heterocycles. The van der Waals surface area contributed by atoms with Crippen molar-refractivity contribution in [3.8, 4) is 0 Å². The molecular weight excluding hydrogens is 331 g/mol. The number of nitrogens with one attached hydrogen (secondary N) is 1. The van der Waals surface area contributed by atoms with Gasteiger partial charge in [-0.2, -0.15) is 0 Å². The zero-order chi connectivity index (χ0) is 18.7. The summed E-state index contributed by atoms with van der Waals surface area (Å²) in [6.45, 7) is 5.06. The highest BCUT2D eigenvalue weighted by molar-refractivity contribution is 5.95. The van der Waals surface area contributed by atoms with Crippen LogP contribution in [-0.2, 0) is 4.79 Å². The van der Waals surface area contributed by atoms with Crippen LogP contribution in [0.15, 0.2) is 42.5 Å². The van der Waals surface area contributed by atoms with E-state index in [1.165, 1.54) is 24.3 Å². The van der Waals surface area contributed by atoms with Crippen molar-refractivity contribution in [1.82, 2.24) is 4.90 Å². The fourth-order valence-corrected chi connectivity index (χ4v) is 3.41. The van der Waals surface area contributed by atoms with E-state index in [1.54, 1.807) is 4.90 Å². The molecule has 2 aromatic rings. The molecule has 0 bridgehead atoms. The molecule has 2 amide bonds. The van der Waals surface area contributed by atoms with Gasteiger partial charge in [-0.05, 0) is 74.2 Å². The standard InChI is InChI=1S/C21H23FN2O2/c1-14-11-15(2)13-19(12-14)23-20(25)16-7-9-24(10-8-16)21(26)17-3-5-18(22)6-4-17/h3-6,11-13,16H,7-10H2,1-2H3,(H,23,25). The SMILES string of the molecule is Cc1cc(C)cc(NC(=O)C2CCN(C(=O)c3ccc(F)cc3)CC2)c1. The first-order valence-electron chi connectivity index (χ1n) is 8.86. The van der Waals surface area contributed by atoms with E-state index in [-0.39, 0.29) is 23.5 Å². The van der Waals surface area contributed by atoms with E-state index in [4.69, 9.17) is 0 Å². The molecule has 0 atom stereocenters.